The molecule has 10 atom stereocenters. The maximum absolute atomic E-state index is 7.62. The molecule has 0 radical (unpaired) electrons. The number of rotatable bonds is 8. The Labute approximate surface area is 257 Å². The zero-order valence-corrected chi connectivity index (χ0v) is 26.7. The zero-order chi connectivity index (χ0) is 27.1. The molecule has 208 valence electrons. The Bertz CT molecular complexity index is 950. The van der Waals surface area contributed by atoms with E-state index in [1.807, 2.05) is 27.7 Å². The highest BCUT2D eigenvalue weighted by Crippen LogP contribution is 2.89. The summed E-state index contributed by atoms with van der Waals surface area (Å²) in [5.41, 5.74) is 0. The smallest absolute Gasteiger partial charge is 0.218 e. The first kappa shape index (κ1) is 28.7. The van der Waals surface area contributed by atoms with Crippen molar-refractivity contribution < 1.29 is 18.9 Å². The molecule has 0 heterocycles. The first-order valence-corrected chi connectivity index (χ1v) is 15.8. The molecule has 0 spiro atoms. The van der Waals surface area contributed by atoms with Gasteiger partial charge in [-0.15, -0.1) is 46.4 Å². The maximum atomic E-state index is 7.62. The SMILES string of the molecule is CCOC1(OCC)[C@@]2(Cl)C(Cl)=C(Cl)[C@@]1(Cl)[C@@H]1C3CC([C@H]12)[C@H]1[C@H]3[C@@]2(Cl)C(Cl)=C(Cl)[C@]1(Cl)C2(OCC)OCC. The average molecular weight is 676 g/mol. The van der Waals surface area contributed by atoms with Crippen LogP contribution in [0.25, 0.3) is 0 Å². The largest absolute Gasteiger partial charge is 0.346 e. The lowest BCUT2D eigenvalue weighted by molar-refractivity contribution is -0.252. The molecule has 12 heteroatoms. The first-order valence-electron chi connectivity index (χ1n) is 12.8. The van der Waals surface area contributed by atoms with Crippen LogP contribution in [-0.4, -0.2) is 57.5 Å². The molecule has 6 rings (SSSR count). The van der Waals surface area contributed by atoms with E-state index in [9.17, 15) is 0 Å². The van der Waals surface area contributed by atoms with Gasteiger partial charge < -0.3 is 18.9 Å². The quantitative estimate of drug-likeness (QED) is 0.149. The highest BCUT2D eigenvalue weighted by molar-refractivity contribution is 6.53. The van der Waals surface area contributed by atoms with E-state index in [0.717, 1.165) is 6.42 Å². The van der Waals surface area contributed by atoms with E-state index < -0.39 is 31.1 Å². The summed E-state index contributed by atoms with van der Waals surface area (Å²) in [4.78, 5) is -5.32. The minimum atomic E-state index is -1.47. The van der Waals surface area contributed by atoms with E-state index in [1.165, 1.54) is 0 Å². The number of ether oxygens (including phenoxy) is 4. The summed E-state index contributed by atoms with van der Waals surface area (Å²) in [7, 11) is 0. The molecule has 0 aliphatic heterocycles. The predicted molar refractivity (Wildman–Crippen MR) is 149 cm³/mol. The van der Waals surface area contributed by atoms with E-state index in [2.05, 4.69) is 0 Å². The zero-order valence-electron chi connectivity index (χ0n) is 20.7. The molecule has 0 amide bonds. The van der Waals surface area contributed by atoms with Crippen molar-refractivity contribution in [3.8, 4) is 0 Å². The van der Waals surface area contributed by atoms with Crippen molar-refractivity contribution in [2.24, 2.45) is 35.5 Å². The Morgan fingerprint density at radius 2 is 0.730 bits per heavy atom. The molecule has 4 fully saturated rings. The standard InChI is InChI=1S/C25H28Cl8O4/c1-5-34-24(35-6-2)20(30)12-10-9-11(13(12)21(24,31)17(27)16(20)26)15-14(10)22(32)18(28)19(29)23(15,33)25(22,36-7-3)37-8-4/h10-15H,5-9H2,1-4H3/t10?,11?,12-,13-,14+,15+,20-,21+,22-,23-/m0/s1. The van der Waals surface area contributed by atoms with Gasteiger partial charge in [0.25, 0.3) is 0 Å². The Balaban J connectivity index is 1.59. The van der Waals surface area contributed by atoms with Crippen molar-refractivity contribution in [3.05, 3.63) is 20.1 Å². The summed E-state index contributed by atoms with van der Waals surface area (Å²) in [6.07, 6.45) is 0.752. The number of hydrogen-bond acceptors (Lipinski definition) is 4. The Morgan fingerprint density at radius 3 is 0.919 bits per heavy atom. The van der Waals surface area contributed by atoms with Gasteiger partial charge >= 0.3 is 0 Å². The van der Waals surface area contributed by atoms with Crippen LogP contribution in [0.15, 0.2) is 20.1 Å². The van der Waals surface area contributed by atoms with Crippen LogP contribution >= 0.6 is 92.8 Å². The summed E-state index contributed by atoms with van der Waals surface area (Å²) < 4.78 is 25.4. The summed E-state index contributed by atoms with van der Waals surface area (Å²) in [6, 6.07) is 0. The minimum absolute atomic E-state index is 0.103. The Kier molecular flexibility index (Phi) is 6.68. The van der Waals surface area contributed by atoms with Crippen molar-refractivity contribution in [1.29, 1.82) is 0 Å². The van der Waals surface area contributed by atoms with Gasteiger partial charge in [0.2, 0.25) is 11.6 Å². The second-order valence-electron chi connectivity index (χ2n) is 10.7. The topological polar surface area (TPSA) is 36.9 Å². The third-order valence-corrected chi connectivity index (χ3v) is 15.3. The lowest BCUT2D eigenvalue weighted by Gasteiger charge is -2.48. The molecular weight excluding hydrogens is 648 g/mol. The molecule has 4 nitrogen and oxygen atoms in total. The van der Waals surface area contributed by atoms with Crippen LogP contribution in [0.5, 0.6) is 0 Å². The van der Waals surface area contributed by atoms with Crippen molar-refractivity contribution in [2.45, 2.75) is 65.2 Å². The van der Waals surface area contributed by atoms with E-state index in [4.69, 9.17) is 112 Å². The van der Waals surface area contributed by atoms with Gasteiger partial charge in [-0.05, 0) is 69.6 Å². The van der Waals surface area contributed by atoms with Gasteiger partial charge in [0.15, 0.2) is 0 Å². The van der Waals surface area contributed by atoms with Gasteiger partial charge in [-0.3, -0.25) is 0 Å². The molecule has 0 aromatic rings. The monoisotopic (exact) mass is 672 g/mol. The Morgan fingerprint density at radius 1 is 0.514 bits per heavy atom. The van der Waals surface area contributed by atoms with Crippen molar-refractivity contribution in [3.63, 3.8) is 0 Å². The Hall–Kier alpha value is 1.64. The molecule has 0 N–H and O–H groups in total. The van der Waals surface area contributed by atoms with Crippen LogP contribution in [-0.2, 0) is 18.9 Å². The lowest BCUT2D eigenvalue weighted by atomic mass is 9.61. The fourth-order valence-electron chi connectivity index (χ4n) is 9.53. The number of hydrogen-bond donors (Lipinski definition) is 0. The first-order chi connectivity index (χ1) is 17.3. The summed E-state index contributed by atoms with van der Waals surface area (Å²) in [5, 5.41) is 1.02. The fourth-order valence-corrected chi connectivity index (χ4v) is 14.0. The van der Waals surface area contributed by atoms with Crippen molar-refractivity contribution >= 4 is 92.8 Å². The van der Waals surface area contributed by atoms with Gasteiger partial charge in [-0.25, -0.2) is 0 Å². The van der Waals surface area contributed by atoms with Crippen molar-refractivity contribution in [1.82, 2.24) is 0 Å². The molecule has 0 aromatic carbocycles. The maximum Gasteiger partial charge on any atom is 0.218 e. The number of alkyl halides is 4. The summed E-state index contributed by atoms with van der Waals surface area (Å²) in [5.74, 6) is -4.24. The third kappa shape index (κ3) is 2.52. The molecule has 0 saturated heterocycles. The molecule has 6 aliphatic rings. The predicted octanol–water partition coefficient (Wildman–Crippen LogP) is 7.98. The second kappa shape index (κ2) is 8.60. The molecule has 0 aromatic heterocycles. The van der Waals surface area contributed by atoms with Gasteiger partial charge in [-0.2, -0.15) is 0 Å². The van der Waals surface area contributed by atoms with E-state index in [1.54, 1.807) is 0 Å². The van der Waals surface area contributed by atoms with Crippen molar-refractivity contribution in [2.75, 3.05) is 26.4 Å². The average Bonchev–Trinajstić information content (AvgIpc) is 3.57. The van der Waals surface area contributed by atoms with Crippen LogP contribution < -0.4 is 0 Å². The minimum Gasteiger partial charge on any atom is -0.346 e. The van der Waals surface area contributed by atoms with Crippen LogP contribution in [0, 0.1) is 35.5 Å². The number of halogens is 8. The molecule has 37 heavy (non-hydrogen) atoms. The normalized spacial score (nSPS) is 51.6. The van der Waals surface area contributed by atoms with Crippen LogP contribution in [0.3, 0.4) is 0 Å². The van der Waals surface area contributed by atoms with Gasteiger partial charge in [0, 0.05) is 26.4 Å². The van der Waals surface area contributed by atoms with E-state index in [0.29, 0.717) is 26.4 Å². The highest BCUT2D eigenvalue weighted by Gasteiger charge is 2.96. The third-order valence-electron chi connectivity index (χ3n) is 9.97. The molecule has 6 aliphatic carbocycles. The fraction of sp³-hybridized carbons (Fsp3) is 0.840. The molecule has 4 saturated carbocycles. The molecule has 2 unspecified atom stereocenters. The molecular formula is C25H28Cl8O4. The lowest BCUT2D eigenvalue weighted by Crippen LogP contribution is -2.61. The van der Waals surface area contributed by atoms with E-state index in [-0.39, 0.29) is 55.6 Å². The van der Waals surface area contributed by atoms with Crippen LogP contribution in [0.1, 0.15) is 34.1 Å². The second-order valence-corrected chi connectivity index (χ2v) is 14.6. The van der Waals surface area contributed by atoms with Gasteiger partial charge in [0.1, 0.15) is 19.5 Å². The van der Waals surface area contributed by atoms with Gasteiger partial charge in [-0.1, -0.05) is 46.4 Å². The summed E-state index contributed by atoms with van der Waals surface area (Å²) >= 11 is 58.3. The van der Waals surface area contributed by atoms with Gasteiger partial charge in [0.05, 0.1) is 20.1 Å². The molecule has 6 bridgehead atoms. The summed E-state index contributed by atoms with van der Waals surface area (Å²) in [6.45, 7) is 8.66. The highest BCUT2D eigenvalue weighted by atomic mass is 35.5. The van der Waals surface area contributed by atoms with Crippen LogP contribution in [0.2, 0.25) is 0 Å². The van der Waals surface area contributed by atoms with Crippen LogP contribution in [0.4, 0.5) is 0 Å². The van der Waals surface area contributed by atoms with E-state index >= 15 is 0 Å². The number of fused-ring (bicyclic) bond motifs is 16.